The molecule has 3 heteroatoms. The maximum Gasteiger partial charge on any atom is 0.0931 e. The first-order valence-corrected chi connectivity index (χ1v) is 9.62. The summed E-state index contributed by atoms with van der Waals surface area (Å²) in [7, 11) is 0. The fraction of sp³-hybridized carbons (Fsp3) is 0.409. The van der Waals surface area contributed by atoms with E-state index in [1.165, 1.54) is 55.2 Å². The predicted molar refractivity (Wildman–Crippen MR) is 104 cm³/mol. The summed E-state index contributed by atoms with van der Waals surface area (Å²) in [6, 6.07) is 15.3. The fourth-order valence-corrected chi connectivity index (χ4v) is 3.99. The van der Waals surface area contributed by atoms with E-state index in [-0.39, 0.29) is 0 Å². The molecular formula is C22H27N3. The average Bonchev–Trinajstić information content (AvgIpc) is 3.14. The second kappa shape index (κ2) is 7.83. The summed E-state index contributed by atoms with van der Waals surface area (Å²) in [4.78, 5) is 7.51. The van der Waals surface area contributed by atoms with Gasteiger partial charge in [0.05, 0.1) is 17.4 Å². The third kappa shape index (κ3) is 4.10. The van der Waals surface area contributed by atoms with Crippen LogP contribution in [0.15, 0.2) is 48.8 Å². The van der Waals surface area contributed by atoms with Crippen molar-refractivity contribution in [3.05, 3.63) is 54.4 Å². The van der Waals surface area contributed by atoms with Gasteiger partial charge in [-0.2, -0.15) is 0 Å². The van der Waals surface area contributed by atoms with Crippen molar-refractivity contribution in [1.82, 2.24) is 15.3 Å². The van der Waals surface area contributed by atoms with Gasteiger partial charge < -0.3 is 10.3 Å². The summed E-state index contributed by atoms with van der Waals surface area (Å²) in [6.07, 6.45) is 10.3. The van der Waals surface area contributed by atoms with Gasteiger partial charge in [-0.3, -0.25) is 0 Å². The van der Waals surface area contributed by atoms with E-state index in [0.29, 0.717) is 0 Å². The Hall–Kier alpha value is -2.13. The summed E-state index contributed by atoms with van der Waals surface area (Å²) in [5.74, 6) is 0.952. The minimum atomic E-state index is 0.950. The molecule has 0 atom stereocenters. The molecule has 0 bridgehead atoms. The molecule has 1 aromatic heterocycles. The standard InChI is InChI=1S/C22H27N3/c1-2-5-17(6-3-1)11-12-23-15-18-7-4-8-19(13-18)20-9-10-21-22(14-20)25-16-24-21/h4,7-10,13-14,16-17,23H,1-3,5-6,11-12,15H2,(H,24,25). The molecule has 3 nitrogen and oxygen atoms in total. The van der Waals surface area contributed by atoms with E-state index in [9.17, 15) is 0 Å². The van der Waals surface area contributed by atoms with Crippen molar-refractivity contribution in [2.45, 2.75) is 45.1 Å². The van der Waals surface area contributed by atoms with E-state index in [1.807, 2.05) is 0 Å². The molecule has 1 aliphatic carbocycles. The number of rotatable bonds is 6. The van der Waals surface area contributed by atoms with Gasteiger partial charge in [0.15, 0.2) is 0 Å². The van der Waals surface area contributed by atoms with Gasteiger partial charge in [0.2, 0.25) is 0 Å². The first-order chi connectivity index (χ1) is 12.4. The Balaban J connectivity index is 1.35. The molecule has 0 spiro atoms. The first-order valence-electron chi connectivity index (χ1n) is 9.62. The van der Waals surface area contributed by atoms with E-state index in [1.54, 1.807) is 6.33 Å². The van der Waals surface area contributed by atoms with E-state index < -0.39 is 0 Å². The number of hydrogen-bond acceptors (Lipinski definition) is 2. The molecule has 0 radical (unpaired) electrons. The van der Waals surface area contributed by atoms with Crippen LogP contribution in [-0.2, 0) is 6.54 Å². The number of nitrogens with zero attached hydrogens (tertiary/aromatic N) is 1. The summed E-state index contributed by atoms with van der Waals surface area (Å²) in [6.45, 7) is 2.08. The minimum absolute atomic E-state index is 0.950. The van der Waals surface area contributed by atoms with Crippen molar-refractivity contribution < 1.29 is 0 Å². The fourth-order valence-electron chi connectivity index (χ4n) is 3.99. The van der Waals surface area contributed by atoms with Gasteiger partial charge in [0.25, 0.3) is 0 Å². The number of benzene rings is 2. The number of aromatic nitrogens is 2. The Bertz CT molecular complexity index is 815. The van der Waals surface area contributed by atoms with Crippen LogP contribution >= 0.6 is 0 Å². The summed E-state index contributed by atoms with van der Waals surface area (Å²) in [5, 5.41) is 3.64. The monoisotopic (exact) mass is 333 g/mol. The third-order valence-corrected chi connectivity index (χ3v) is 5.46. The Morgan fingerprint density at radius 2 is 1.88 bits per heavy atom. The molecule has 2 N–H and O–H groups in total. The minimum Gasteiger partial charge on any atom is -0.345 e. The van der Waals surface area contributed by atoms with Crippen LogP contribution in [0.25, 0.3) is 22.2 Å². The van der Waals surface area contributed by atoms with Crippen LogP contribution in [0, 0.1) is 5.92 Å². The predicted octanol–water partition coefficient (Wildman–Crippen LogP) is 5.29. The van der Waals surface area contributed by atoms with Crippen LogP contribution < -0.4 is 5.32 Å². The van der Waals surface area contributed by atoms with Crippen molar-refractivity contribution >= 4 is 11.0 Å². The van der Waals surface area contributed by atoms with Gasteiger partial charge in [-0.25, -0.2) is 4.98 Å². The maximum atomic E-state index is 4.36. The lowest BCUT2D eigenvalue weighted by atomic mass is 9.87. The third-order valence-electron chi connectivity index (χ3n) is 5.46. The van der Waals surface area contributed by atoms with Crippen molar-refractivity contribution in [3.8, 4) is 11.1 Å². The van der Waals surface area contributed by atoms with E-state index in [0.717, 1.165) is 30.0 Å². The van der Waals surface area contributed by atoms with Crippen LogP contribution in [-0.4, -0.2) is 16.5 Å². The zero-order valence-corrected chi connectivity index (χ0v) is 14.8. The topological polar surface area (TPSA) is 40.7 Å². The van der Waals surface area contributed by atoms with Crippen LogP contribution in [0.3, 0.4) is 0 Å². The van der Waals surface area contributed by atoms with E-state index in [2.05, 4.69) is 57.7 Å². The lowest BCUT2D eigenvalue weighted by molar-refractivity contribution is 0.334. The highest BCUT2D eigenvalue weighted by molar-refractivity contribution is 5.81. The van der Waals surface area contributed by atoms with Crippen LogP contribution in [0.2, 0.25) is 0 Å². The number of nitrogens with one attached hydrogen (secondary N) is 2. The smallest absolute Gasteiger partial charge is 0.0931 e. The van der Waals surface area contributed by atoms with Crippen molar-refractivity contribution in [2.24, 2.45) is 5.92 Å². The molecule has 1 saturated carbocycles. The molecule has 2 aromatic carbocycles. The molecule has 1 fully saturated rings. The highest BCUT2D eigenvalue weighted by atomic mass is 14.9. The number of imidazole rings is 1. The van der Waals surface area contributed by atoms with Gasteiger partial charge in [0, 0.05) is 6.54 Å². The lowest BCUT2D eigenvalue weighted by Crippen LogP contribution is -2.19. The summed E-state index contributed by atoms with van der Waals surface area (Å²) < 4.78 is 0. The number of hydrogen-bond donors (Lipinski definition) is 2. The molecule has 0 amide bonds. The molecule has 130 valence electrons. The molecule has 0 aliphatic heterocycles. The molecule has 1 aliphatic rings. The average molecular weight is 333 g/mol. The molecule has 1 heterocycles. The SMILES string of the molecule is c1cc(CNCCC2CCCCC2)cc(-c2ccc3[nH]cnc3c2)c1. The Morgan fingerprint density at radius 1 is 1.00 bits per heavy atom. The molecule has 0 unspecified atom stereocenters. The van der Waals surface area contributed by atoms with Gasteiger partial charge in [-0.15, -0.1) is 0 Å². The Morgan fingerprint density at radius 3 is 2.80 bits per heavy atom. The highest BCUT2D eigenvalue weighted by Gasteiger charge is 2.12. The molecule has 0 saturated heterocycles. The van der Waals surface area contributed by atoms with Crippen LogP contribution in [0.4, 0.5) is 0 Å². The molecule has 4 rings (SSSR count). The lowest BCUT2D eigenvalue weighted by Gasteiger charge is -2.21. The highest BCUT2D eigenvalue weighted by Crippen LogP contribution is 2.26. The van der Waals surface area contributed by atoms with Crippen LogP contribution in [0.1, 0.15) is 44.1 Å². The van der Waals surface area contributed by atoms with Crippen molar-refractivity contribution in [3.63, 3.8) is 0 Å². The largest absolute Gasteiger partial charge is 0.345 e. The van der Waals surface area contributed by atoms with E-state index >= 15 is 0 Å². The molecular weight excluding hydrogens is 306 g/mol. The first kappa shape index (κ1) is 16.3. The van der Waals surface area contributed by atoms with Crippen molar-refractivity contribution in [1.29, 1.82) is 0 Å². The second-order valence-electron chi connectivity index (χ2n) is 7.30. The molecule has 3 aromatic rings. The summed E-state index contributed by atoms with van der Waals surface area (Å²) >= 11 is 0. The molecule has 25 heavy (non-hydrogen) atoms. The van der Waals surface area contributed by atoms with Gasteiger partial charge in [-0.1, -0.05) is 56.4 Å². The quantitative estimate of drug-likeness (QED) is 0.602. The second-order valence-corrected chi connectivity index (χ2v) is 7.30. The zero-order valence-electron chi connectivity index (χ0n) is 14.8. The normalized spacial score (nSPS) is 15.7. The summed E-state index contributed by atoms with van der Waals surface area (Å²) in [5.41, 5.74) is 5.95. The van der Waals surface area contributed by atoms with E-state index in [4.69, 9.17) is 0 Å². The number of fused-ring (bicyclic) bond motifs is 1. The Labute approximate surface area is 149 Å². The van der Waals surface area contributed by atoms with Gasteiger partial charge in [-0.05, 0) is 53.8 Å². The van der Waals surface area contributed by atoms with Gasteiger partial charge in [0.1, 0.15) is 0 Å². The van der Waals surface area contributed by atoms with Crippen molar-refractivity contribution in [2.75, 3.05) is 6.54 Å². The number of aromatic amines is 1. The maximum absolute atomic E-state index is 4.36. The van der Waals surface area contributed by atoms with Crippen LogP contribution in [0.5, 0.6) is 0 Å². The Kier molecular flexibility index (Phi) is 5.12. The van der Waals surface area contributed by atoms with Gasteiger partial charge >= 0.3 is 0 Å². The number of H-pyrrole nitrogens is 1. The zero-order chi connectivity index (χ0) is 16.9.